The van der Waals surface area contributed by atoms with Crippen LogP contribution in [0.1, 0.15) is 22.0 Å². The van der Waals surface area contributed by atoms with E-state index in [-0.39, 0.29) is 17.0 Å². The maximum absolute atomic E-state index is 12.3. The summed E-state index contributed by atoms with van der Waals surface area (Å²) in [5.41, 5.74) is 0.580. The normalized spacial score (nSPS) is 12.2. The lowest BCUT2D eigenvalue weighted by atomic mass is 10.1. The summed E-state index contributed by atoms with van der Waals surface area (Å²) < 4.78 is 26.3. The molecule has 2 aromatic rings. The Kier molecular flexibility index (Phi) is 6.26. The molecule has 2 aromatic carbocycles. The number of carboxylic acid groups (broad SMARTS) is 1. The van der Waals surface area contributed by atoms with Crippen LogP contribution in [0.25, 0.3) is 0 Å². The van der Waals surface area contributed by atoms with Crippen molar-refractivity contribution >= 4 is 21.9 Å². The zero-order chi connectivity index (χ0) is 19.2. The first-order valence-corrected chi connectivity index (χ1v) is 9.12. The van der Waals surface area contributed by atoms with E-state index in [1.54, 1.807) is 30.3 Å². The quantitative estimate of drug-likeness (QED) is 0.609. The standard InChI is InChI=1S/C18H18N2O5S/c1-2-12-19-26(24,25)15-10-8-14(9-11-15)17(21)20-16(18(22)23)13-6-4-3-5-7-13/h2-11,16,19H,1,12H2,(H,20,21)(H,22,23). The number of benzene rings is 2. The fraction of sp³-hybridized carbons (Fsp3) is 0.111. The highest BCUT2D eigenvalue weighted by atomic mass is 32.2. The van der Waals surface area contributed by atoms with Crippen LogP contribution in [0.4, 0.5) is 0 Å². The molecule has 26 heavy (non-hydrogen) atoms. The molecule has 0 radical (unpaired) electrons. The Balaban J connectivity index is 2.17. The van der Waals surface area contributed by atoms with E-state index in [1.165, 1.54) is 30.3 Å². The second-order valence-corrected chi connectivity index (χ2v) is 7.09. The van der Waals surface area contributed by atoms with Gasteiger partial charge >= 0.3 is 5.97 Å². The summed E-state index contributed by atoms with van der Waals surface area (Å²) in [7, 11) is -3.69. The molecule has 8 heteroatoms. The Bertz CT molecular complexity index is 893. The number of nitrogens with one attached hydrogen (secondary N) is 2. The monoisotopic (exact) mass is 374 g/mol. The van der Waals surface area contributed by atoms with Crippen molar-refractivity contribution in [1.82, 2.24) is 10.0 Å². The smallest absolute Gasteiger partial charge is 0.330 e. The topological polar surface area (TPSA) is 113 Å². The number of amides is 1. The van der Waals surface area contributed by atoms with Crippen molar-refractivity contribution in [2.45, 2.75) is 10.9 Å². The molecule has 1 unspecified atom stereocenters. The summed E-state index contributed by atoms with van der Waals surface area (Å²) >= 11 is 0. The number of hydrogen-bond acceptors (Lipinski definition) is 4. The van der Waals surface area contributed by atoms with Gasteiger partial charge in [0.25, 0.3) is 5.91 Å². The van der Waals surface area contributed by atoms with Crippen LogP contribution in [0.15, 0.2) is 72.1 Å². The van der Waals surface area contributed by atoms with Crippen molar-refractivity contribution < 1.29 is 23.1 Å². The molecule has 0 fully saturated rings. The van der Waals surface area contributed by atoms with Crippen molar-refractivity contribution in [2.75, 3.05) is 6.54 Å². The van der Waals surface area contributed by atoms with Crippen molar-refractivity contribution in [1.29, 1.82) is 0 Å². The molecule has 3 N–H and O–H groups in total. The predicted molar refractivity (Wildman–Crippen MR) is 96.1 cm³/mol. The molecular formula is C18H18N2O5S. The molecule has 2 rings (SSSR count). The molecule has 136 valence electrons. The Morgan fingerprint density at radius 3 is 2.23 bits per heavy atom. The van der Waals surface area contributed by atoms with E-state index in [0.29, 0.717) is 5.56 Å². The van der Waals surface area contributed by atoms with Gasteiger partial charge in [0.2, 0.25) is 10.0 Å². The van der Waals surface area contributed by atoms with E-state index < -0.39 is 27.9 Å². The molecular weight excluding hydrogens is 356 g/mol. The molecule has 0 aliphatic carbocycles. The number of carbonyl (C=O) groups is 2. The number of hydrogen-bond donors (Lipinski definition) is 3. The van der Waals surface area contributed by atoms with E-state index in [0.717, 1.165) is 0 Å². The van der Waals surface area contributed by atoms with E-state index in [2.05, 4.69) is 16.6 Å². The molecule has 0 saturated heterocycles. The van der Waals surface area contributed by atoms with Gasteiger partial charge < -0.3 is 10.4 Å². The van der Waals surface area contributed by atoms with Crippen molar-refractivity contribution in [3.8, 4) is 0 Å². The van der Waals surface area contributed by atoms with E-state index >= 15 is 0 Å². The lowest BCUT2D eigenvalue weighted by Crippen LogP contribution is -2.33. The Morgan fingerprint density at radius 1 is 1.08 bits per heavy atom. The molecule has 0 saturated carbocycles. The van der Waals surface area contributed by atoms with Gasteiger partial charge in [0, 0.05) is 12.1 Å². The summed E-state index contributed by atoms with van der Waals surface area (Å²) in [5, 5.41) is 11.8. The number of carbonyl (C=O) groups excluding carboxylic acids is 1. The van der Waals surface area contributed by atoms with E-state index in [4.69, 9.17) is 0 Å². The third-order valence-corrected chi connectivity index (χ3v) is 4.94. The first kappa shape index (κ1) is 19.4. The minimum absolute atomic E-state index is 0.00579. The molecule has 1 atom stereocenters. The number of carboxylic acids is 1. The molecule has 0 aromatic heterocycles. The zero-order valence-corrected chi connectivity index (χ0v) is 14.6. The van der Waals surface area contributed by atoms with E-state index in [1.807, 2.05) is 0 Å². The Hall–Kier alpha value is -2.97. The third-order valence-electron chi connectivity index (χ3n) is 3.50. The Labute approximate surface area is 151 Å². The highest BCUT2D eigenvalue weighted by molar-refractivity contribution is 7.89. The second-order valence-electron chi connectivity index (χ2n) is 5.32. The fourth-order valence-electron chi connectivity index (χ4n) is 2.18. The molecule has 0 aliphatic rings. The van der Waals surface area contributed by atoms with Gasteiger partial charge in [0.15, 0.2) is 6.04 Å². The minimum Gasteiger partial charge on any atom is -0.479 e. The molecule has 1 amide bonds. The summed E-state index contributed by atoms with van der Waals surface area (Å²) in [6.07, 6.45) is 1.41. The highest BCUT2D eigenvalue weighted by Crippen LogP contribution is 2.15. The first-order chi connectivity index (χ1) is 12.3. The molecule has 0 aliphatic heterocycles. The van der Waals surface area contributed by atoms with Gasteiger partial charge in [-0.15, -0.1) is 6.58 Å². The SMILES string of the molecule is C=CCNS(=O)(=O)c1ccc(C(=O)NC(C(=O)O)c2ccccc2)cc1. The van der Waals surface area contributed by atoms with Crippen LogP contribution in [0.5, 0.6) is 0 Å². The van der Waals surface area contributed by atoms with Gasteiger partial charge in [-0.2, -0.15) is 0 Å². The third kappa shape index (κ3) is 4.78. The van der Waals surface area contributed by atoms with Crippen LogP contribution < -0.4 is 10.0 Å². The average molecular weight is 374 g/mol. The van der Waals surface area contributed by atoms with Crippen LogP contribution in [0, 0.1) is 0 Å². The van der Waals surface area contributed by atoms with E-state index in [9.17, 15) is 23.1 Å². The summed E-state index contributed by atoms with van der Waals surface area (Å²) in [6, 6.07) is 12.3. The van der Waals surface area contributed by atoms with Gasteiger partial charge in [-0.25, -0.2) is 17.9 Å². The second kappa shape index (κ2) is 8.41. The average Bonchev–Trinajstić information content (AvgIpc) is 2.65. The van der Waals surface area contributed by atoms with Crippen LogP contribution in [-0.2, 0) is 14.8 Å². The van der Waals surface area contributed by atoms with Gasteiger partial charge in [-0.05, 0) is 29.8 Å². The molecule has 0 spiro atoms. The number of sulfonamides is 1. The number of aliphatic carboxylic acids is 1. The fourth-order valence-corrected chi connectivity index (χ4v) is 3.18. The highest BCUT2D eigenvalue weighted by Gasteiger charge is 2.22. The first-order valence-electron chi connectivity index (χ1n) is 7.64. The van der Waals surface area contributed by atoms with Gasteiger partial charge in [-0.1, -0.05) is 36.4 Å². The lowest BCUT2D eigenvalue weighted by Gasteiger charge is -2.15. The van der Waals surface area contributed by atoms with Gasteiger partial charge in [-0.3, -0.25) is 4.79 Å². The zero-order valence-electron chi connectivity index (χ0n) is 13.8. The van der Waals surface area contributed by atoms with Crippen LogP contribution in [-0.4, -0.2) is 31.9 Å². The molecule has 0 heterocycles. The number of rotatable bonds is 8. The lowest BCUT2D eigenvalue weighted by molar-refractivity contribution is -0.139. The summed E-state index contributed by atoms with van der Waals surface area (Å²) in [4.78, 5) is 23.7. The van der Waals surface area contributed by atoms with Crippen LogP contribution >= 0.6 is 0 Å². The molecule has 0 bridgehead atoms. The van der Waals surface area contributed by atoms with Crippen molar-refractivity contribution in [3.05, 3.63) is 78.4 Å². The van der Waals surface area contributed by atoms with Gasteiger partial charge in [0.05, 0.1) is 4.90 Å². The van der Waals surface area contributed by atoms with Crippen molar-refractivity contribution in [3.63, 3.8) is 0 Å². The largest absolute Gasteiger partial charge is 0.479 e. The summed E-state index contributed by atoms with van der Waals surface area (Å²) in [5.74, 6) is -1.82. The van der Waals surface area contributed by atoms with Crippen LogP contribution in [0.2, 0.25) is 0 Å². The van der Waals surface area contributed by atoms with Crippen LogP contribution in [0.3, 0.4) is 0 Å². The minimum atomic E-state index is -3.69. The van der Waals surface area contributed by atoms with Crippen molar-refractivity contribution in [2.24, 2.45) is 0 Å². The Morgan fingerprint density at radius 2 is 1.69 bits per heavy atom. The van der Waals surface area contributed by atoms with Gasteiger partial charge in [0.1, 0.15) is 0 Å². The molecule has 7 nitrogen and oxygen atoms in total. The maximum atomic E-state index is 12.3. The summed E-state index contributed by atoms with van der Waals surface area (Å²) in [6.45, 7) is 3.52. The maximum Gasteiger partial charge on any atom is 0.330 e. The predicted octanol–water partition coefficient (Wildman–Crippen LogP) is 1.71.